The molecule has 100 valence electrons. The van der Waals surface area contributed by atoms with Gasteiger partial charge in [-0.15, -0.1) is 0 Å². The number of ether oxygens (including phenoxy) is 2. The maximum absolute atomic E-state index is 6.30. The predicted octanol–water partition coefficient (Wildman–Crippen LogP) is 3.04. The third-order valence-corrected chi connectivity index (χ3v) is 3.41. The molecule has 2 N–H and O–H groups in total. The molecule has 0 aromatic heterocycles. The Labute approximate surface area is 109 Å². The van der Waals surface area contributed by atoms with Crippen LogP contribution in [0.3, 0.4) is 0 Å². The highest BCUT2D eigenvalue weighted by atomic mass is 16.5. The summed E-state index contributed by atoms with van der Waals surface area (Å²) in [7, 11) is 0. The monoisotopic (exact) mass is 249 g/mol. The molecule has 2 unspecified atom stereocenters. The molecule has 3 heteroatoms. The zero-order chi connectivity index (χ0) is 12.8. The van der Waals surface area contributed by atoms with E-state index < -0.39 is 0 Å². The highest BCUT2D eigenvalue weighted by molar-refractivity contribution is 5.35. The second kappa shape index (κ2) is 6.76. The molecule has 0 spiro atoms. The molecule has 0 amide bonds. The Hall–Kier alpha value is -1.06. The summed E-state index contributed by atoms with van der Waals surface area (Å²) in [6, 6.07) is 8.03. The van der Waals surface area contributed by atoms with Gasteiger partial charge in [0, 0.05) is 18.2 Å². The quantitative estimate of drug-likeness (QED) is 0.872. The molecule has 3 nitrogen and oxygen atoms in total. The van der Waals surface area contributed by atoms with Crippen LogP contribution in [0.25, 0.3) is 0 Å². The standard InChI is InChI=1S/C15H23NO2/c1-2-17-15-9-4-3-8-13(15)14(16)11-12-7-5-6-10-18-12/h3-4,8-9,12,14H,2,5-7,10-11,16H2,1H3. The maximum Gasteiger partial charge on any atom is 0.124 e. The van der Waals surface area contributed by atoms with Crippen molar-refractivity contribution in [2.24, 2.45) is 5.73 Å². The minimum absolute atomic E-state index is 0.00384. The van der Waals surface area contributed by atoms with Crippen LogP contribution in [-0.4, -0.2) is 19.3 Å². The lowest BCUT2D eigenvalue weighted by atomic mass is 9.97. The van der Waals surface area contributed by atoms with Crippen LogP contribution in [-0.2, 0) is 4.74 Å². The van der Waals surface area contributed by atoms with Gasteiger partial charge in [-0.2, -0.15) is 0 Å². The highest BCUT2D eigenvalue weighted by Gasteiger charge is 2.20. The Balaban J connectivity index is 2.00. The van der Waals surface area contributed by atoms with Crippen LogP contribution in [0.1, 0.15) is 44.2 Å². The van der Waals surface area contributed by atoms with Gasteiger partial charge in [0.25, 0.3) is 0 Å². The van der Waals surface area contributed by atoms with Crippen molar-refractivity contribution in [2.75, 3.05) is 13.2 Å². The summed E-state index contributed by atoms with van der Waals surface area (Å²) in [5, 5.41) is 0. The van der Waals surface area contributed by atoms with E-state index >= 15 is 0 Å². The van der Waals surface area contributed by atoms with Crippen LogP contribution in [0.15, 0.2) is 24.3 Å². The second-order valence-electron chi connectivity index (χ2n) is 4.80. The van der Waals surface area contributed by atoms with Crippen molar-refractivity contribution < 1.29 is 9.47 Å². The summed E-state index contributed by atoms with van der Waals surface area (Å²) >= 11 is 0. The first-order valence-corrected chi connectivity index (χ1v) is 6.90. The lowest BCUT2D eigenvalue weighted by Gasteiger charge is -2.26. The Bertz CT molecular complexity index is 361. The normalized spacial score (nSPS) is 21.6. The second-order valence-corrected chi connectivity index (χ2v) is 4.80. The van der Waals surface area contributed by atoms with E-state index in [1.54, 1.807) is 0 Å². The highest BCUT2D eigenvalue weighted by Crippen LogP contribution is 2.29. The fraction of sp³-hybridized carbons (Fsp3) is 0.600. The summed E-state index contributed by atoms with van der Waals surface area (Å²) in [4.78, 5) is 0. The van der Waals surface area contributed by atoms with Crippen LogP contribution >= 0.6 is 0 Å². The van der Waals surface area contributed by atoms with Crippen LogP contribution in [0.4, 0.5) is 0 Å². The van der Waals surface area contributed by atoms with Crippen LogP contribution in [0.5, 0.6) is 5.75 Å². The summed E-state index contributed by atoms with van der Waals surface area (Å²) < 4.78 is 11.4. The molecule has 18 heavy (non-hydrogen) atoms. The summed E-state index contributed by atoms with van der Waals surface area (Å²) in [5.74, 6) is 0.906. The van der Waals surface area contributed by atoms with Crippen molar-refractivity contribution >= 4 is 0 Å². The Morgan fingerprint density at radius 3 is 2.94 bits per heavy atom. The third kappa shape index (κ3) is 3.47. The molecule has 1 saturated heterocycles. The van der Waals surface area contributed by atoms with Crippen molar-refractivity contribution in [1.29, 1.82) is 0 Å². The molecule has 1 aromatic rings. The average molecular weight is 249 g/mol. The SMILES string of the molecule is CCOc1ccccc1C(N)CC1CCCCO1. The van der Waals surface area contributed by atoms with Crippen molar-refractivity contribution in [2.45, 2.75) is 44.8 Å². The van der Waals surface area contributed by atoms with Crippen molar-refractivity contribution in [3.63, 3.8) is 0 Å². The molecular weight excluding hydrogens is 226 g/mol. The molecule has 1 aliphatic rings. The van der Waals surface area contributed by atoms with Crippen molar-refractivity contribution in [3.8, 4) is 5.75 Å². The Kier molecular flexibility index (Phi) is 5.02. The first kappa shape index (κ1) is 13.4. The molecule has 0 bridgehead atoms. The fourth-order valence-corrected chi connectivity index (χ4v) is 2.48. The first-order valence-electron chi connectivity index (χ1n) is 6.90. The summed E-state index contributed by atoms with van der Waals surface area (Å²) in [6.45, 7) is 3.54. The van der Waals surface area contributed by atoms with Gasteiger partial charge in [-0.3, -0.25) is 0 Å². The van der Waals surface area contributed by atoms with Gasteiger partial charge in [0.15, 0.2) is 0 Å². The van der Waals surface area contributed by atoms with Gasteiger partial charge in [0.05, 0.1) is 12.7 Å². The van der Waals surface area contributed by atoms with E-state index in [0.717, 1.165) is 30.8 Å². The minimum atomic E-state index is -0.00384. The zero-order valence-electron chi connectivity index (χ0n) is 11.1. The topological polar surface area (TPSA) is 44.5 Å². The molecule has 1 aliphatic heterocycles. The molecular formula is C15H23NO2. The van der Waals surface area contributed by atoms with Crippen LogP contribution in [0, 0.1) is 0 Å². The maximum atomic E-state index is 6.30. The number of benzene rings is 1. The van der Waals surface area contributed by atoms with E-state index in [-0.39, 0.29) is 6.04 Å². The number of hydrogen-bond donors (Lipinski definition) is 1. The number of nitrogens with two attached hydrogens (primary N) is 1. The van der Waals surface area contributed by atoms with E-state index in [9.17, 15) is 0 Å². The first-order chi connectivity index (χ1) is 8.81. The third-order valence-electron chi connectivity index (χ3n) is 3.41. The van der Waals surface area contributed by atoms with Gasteiger partial charge < -0.3 is 15.2 Å². The Morgan fingerprint density at radius 1 is 1.39 bits per heavy atom. The molecule has 1 heterocycles. The molecule has 2 atom stereocenters. The van der Waals surface area contributed by atoms with Gasteiger partial charge in [-0.1, -0.05) is 18.2 Å². The Morgan fingerprint density at radius 2 is 2.22 bits per heavy atom. The lowest BCUT2D eigenvalue weighted by molar-refractivity contribution is 0.00718. The number of para-hydroxylation sites is 1. The number of hydrogen-bond acceptors (Lipinski definition) is 3. The smallest absolute Gasteiger partial charge is 0.124 e. The van der Waals surface area contributed by atoms with Gasteiger partial charge >= 0.3 is 0 Å². The zero-order valence-corrected chi connectivity index (χ0v) is 11.1. The molecule has 1 aromatic carbocycles. The van der Waals surface area contributed by atoms with E-state index in [1.807, 2.05) is 25.1 Å². The van der Waals surface area contributed by atoms with E-state index in [0.29, 0.717) is 12.7 Å². The van der Waals surface area contributed by atoms with Gasteiger partial charge in [-0.05, 0) is 38.7 Å². The summed E-state index contributed by atoms with van der Waals surface area (Å²) in [5.41, 5.74) is 7.39. The van der Waals surface area contributed by atoms with Gasteiger partial charge in [0.1, 0.15) is 5.75 Å². The largest absolute Gasteiger partial charge is 0.494 e. The molecule has 0 saturated carbocycles. The van der Waals surface area contributed by atoms with E-state index in [2.05, 4.69) is 6.07 Å². The number of rotatable bonds is 5. The molecule has 0 radical (unpaired) electrons. The summed E-state index contributed by atoms with van der Waals surface area (Å²) in [6.07, 6.45) is 4.75. The van der Waals surface area contributed by atoms with Crippen LogP contribution in [0.2, 0.25) is 0 Å². The molecule has 1 fully saturated rings. The fourth-order valence-electron chi connectivity index (χ4n) is 2.48. The predicted molar refractivity (Wildman–Crippen MR) is 72.7 cm³/mol. The molecule has 2 rings (SSSR count). The van der Waals surface area contributed by atoms with Crippen LogP contribution < -0.4 is 10.5 Å². The average Bonchev–Trinajstić information content (AvgIpc) is 2.41. The minimum Gasteiger partial charge on any atom is -0.494 e. The van der Waals surface area contributed by atoms with Crippen molar-refractivity contribution in [1.82, 2.24) is 0 Å². The van der Waals surface area contributed by atoms with Gasteiger partial charge in [0.2, 0.25) is 0 Å². The molecule has 0 aliphatic carbocycles. The lowest BCUT2D eigenvalue weighted by Crippen LogP contribution is -2.25. The van der Waals surface area contributed by atoms with Crippen molar-refractivity contribution in [3.05, 3.63) is 29.8 Å². The van der Waals surface area contributed by atoms with E-state index in [4.69, 9.17) is 15.2 Å². The van der Waals surface area contributed by atoms with E-state index in [1.165, 1.54) is 12.8 Å². The van der Waals surface area contributed by atoms with Gasteiger partial charge in [-0.25, -0.2) is 0 Å².